The molecule has 33 heavy (non-hydrogen) atoms. The number of fused-ring (bicyclic) bond motifs is 2. The Morgan fingerprint density at radius 1 is 0.758 bits per heavy atom. The molecule has 0 N–H and O–H groups in total. The summed E-state index contributed by atoms with van der Waals surface area (Å²) in [6.45, 7) is 1.12. The molecule has 6 rings (SSSR count). The summed E-state index contributed by atoms with van der Waals surface area (Å²) in [4.78, 5) is 4.76. The van der Waals surface area contributed by atoms with Crippen LogP contribution in [0.15, 0.2) is 91.1 Å². The predicted molar refractivity (Wildman–Crippen MR) is 131 cm³/mol. The van der Waals surface area contributed by atoms with Crippen LogP contribution in [0.25, 0.3) is 40.0 Å². The first-order chi connectivity index (χ1) is 16.3. The van der Waals surface area contributed by atoms with Gasteiger partial charge in [-0.1, -0.05) is 42.5 Å². The van der Waals surface area contributed by atoms with Gasteiger partial charge in [-0.2, -0.15) is 5.10 Å². The molecule has 0 saturated carbocycles. The van der Waals surface area contributed by atoms with Gasteiger partial charge in [-0.05, 0) is 54.6 Å². The molecule has 0 fully saturated rings. The topological polar surface area (TPSA) is 49.2 Å². The van der Waals surface area contributed by atoms with Crippen molar-refractivity contribution in [3.05, 3.63) is 102 Å². The molecule has 2 aromatic heterocycles. The maximum atomic E-state index is 5.80. The van der Waals surface area contributed by atoms with Crippen molar-refractivity contribution < 1.29 is 9.47 Å². The van der Waals surface area contributed by atoms with Gasteiger partial charge in [0.05, 0.1) is 16.9 Å². The average molecular weight is 431 g/mol. The van der Waals surface area contributed by atoms with Crippen molar-refractivity contribution in [3.63, 3.8) is 0 Å². The minimum absolute atomic E-state index is 0.551. The van der Waals surface area contributed by atoms with Gasteiger partial charge in [0.1, 0.15) is 18.9 Å². The Balaban J connectivity index is 1.43. The minimum atomic E-state index is 0.551. The second-order valence-corrected chi connectivity index (χ2v) is 7.83. The van der Waals surface area contributed by atoms with Crippen LogP contribution in [0.3, 0.4) is 0 Å². The van der Waals surface area contributed by atoms with Gasteiger partial charge in [0.2, 0.25) is 0 Å². The molecule has 3 aromatic carbocycles. The largest absolute Gasteiger partial charge is 0.486 e. The molecule has 0 radical (unpaired) electrons. The number of ether oxygens (including phenoxy) is 2. The van der Waals surface area contributed by atoms with Gasteiger partial charge in [0.25, 0.3) is 0 Å². The van der Waals surface area contributed by atoms with Crippen molar-refractivity contribution >= 4 is 23.1 Å². The number of nitrogens with zero attached hydrogens (tertiary/aromatic N) is 3. The van der Waals surface area contributed by atoms with E-state index >= 15 is 0 Å². The fraction of sp³-hybridized carbons (Fsp3) is 0.0714. The number of hydrogen-bond acceptors (Lipinski definition) is 4. The van der Waals surface area contributed by atoms with Crippen LogP contribution in [0.5, 0.6) is 11.5 Å². The fourth-order valence-electron chi connectivity index (χ4n) is 3.99. The summed E-state index contributed by atoms with van der Waals surface area (Å²) < 4.78 is 13.4. The van der Waals surface area contributed by atoms with E-state index in [1.165, 1.54) is 0 Å². The smallest absolute Gasteiger partial charge is 0.162 e. The number of rotatable bonds is 4. The van der Waals surface area contributed by atoms with E-state index in [1.807, 2.05) is 89.8 Å². The molecule has 160 valence electrons. The predicted octanol–water partition coefficient (Wildman–Crippen LogP) is 6.03. The Labute approximate surface area is 191 Å². The first-order valence-corrected chi connectivity index (χ1v) is 10.9. The van der Waals surface area contributed by atoms with Gasteiger partial charge in [-0.3, -0.25) is 0 Å². The zero-order valence-corrected chi connectivity index (χ0v) is 17.9. The van der Waals surface area contributed by atoms with Gasteiger partial charge in [0.15, 0.2) is 11.5 Å². The lowest BCUT2D eigenvalue weighted by atomic mass is 10.1. The number of benzene rings is 3. The van der Waals surface area contributed by atoms with Crippen LogP contribution in [-0.2, 0) is 0 Å². The third-order valence-corrected chi connectivity index (χ3v) is 5.63. The summed E-state index contributed by atoms with van der Waals surface area (Å²) in [5.41, 5.74) is 5.71. The summed E-state index contributed by atoms with van der Waals surface area (Å²) in [5, 5.41) is 6.04. The molecule has 0 atom stereocenters. The molecular formula is C28H21N3O2. The summed E-state index contributed by atoms with van der Waals surface area (Å²) in [5.74, 6) is 1.52. The van der Waals surface area contributed by atoms with E-state index in [-0.39, 0.29) is 0 Å². The summed E-state index contributed by atoms with van der Waals surface area (Å²) in [7, 11) is 0. The molecule has 0 spiro atoms. The van der Waals surface area contributed by atoms with Gasteiger partial charge in [0, 0.05) is 22.7 Å². The van der Waals surface area contributed by atoms with Crippen LogP contribution in [0, 0.1) is 0 Å². The molecular weight excluding hydrogens is 410 g/mol. The Morgan fingerprint density at radius 3 is 2.48 bits per heavy atom. The van der Waals surface area contributed by atoms with Crippen molar-refractivity contribution in [2.24, 2.45) is 0 Å². The van der Waals surface area contributed by atoms with Crippen LogP contribution in [-0.4, -0.2) is 28.0 Å². The minimum Gasteiger partial charge on any atom is -0.486 e. The molecule has 5 aromatic rings. The SMILES string of the molecule is C(=Cc1cn(-c2ccccc2)nc1-c1ccc2c(c1)OCCO2)c1ccc2ccccc2n1. The van der Waals surface area contributed by atoms with Crippen molar-refractivity contribution in [2.45, 2.75) is 0 Å². The molecule has 0 bridgehead atoms. The fourth-order valence-corrected chi connectivity index (χ4v) is 3.99. The van der Waals surface area contributed by atoms with E-state index in [2.05, 4.69) is 18.2 Å². The number of para-hydroxylation sites is 2. The second kappa shape index (κ2) is 8.28. The van der Waals surface area contributed by atoms with Crippen LogP contribution >= 0.6 is 0 Å². The molecule has 5 nitrogen and oxygen atoms in total. The highest BCUT2D eigenvalue weighted by molar-refractivity contribution is 5.83. The van der Waals surface area contributed by atoms with Gasteiger partial charge in [-0.25, -0.2) is 9.67 Å². The van der Waals surface area contributed by atoms with Crippen LogP contribution in [0.4, 0.5) is 0 Å². The molecule has 0 unspecified atom stereocenters. The van der Waals surface area contributed by atoms with Crippen LogP contribution < -0.4 is 9.47 Å². The van der Waals surface area contributed by atoms with Gasteiger partial charge in [-0.15, -0.1) is 0 Å². The first-order valence-electron chi connectivity index (χ1n) is 10.9. The molecule has 0 aliphatic carbocycles. The zero-order chi connectivity index (χ0) is 22.0. The maximum Gasteiger partial charge on any atom is 0.162 e. The monoisotopic (exact) mass is 431 g/mol. The number of hydrogen-bond donors (Lipinski definition) is 0. The van der Waals surface area contributed by atoms with Gasteiger partial charge >= 0.3 is 0 Å². The maximum absolute atomic E-state index is 5.80. The Hall–Kier alpha value is -4.38. The zero-order valence-electron chi connectivity index (χ0n) is 17.9. The highest BCUT2D eigenvalue weighted by atomic mass is 16.6. The van der Waals surface area contributed by atoms with E-state index in [1.54, 1.807) is 0 Å². The lowest BCUT2D eigenvalue weighted by molar-refractivity contribution is 0.171. The van der Waals surface area contributed by atoms with Crippen molar-refractivity contribution in [3.8, 4) is 28.4 Å². The summed E-state index contributed by atoms with van der Waals surface area (Å²) in [6, 6.07) is 28.3. The van der Waals surface area contributed by atoms with Gasteiger partial charge < -0.3 is 9.47 Å². The normalized spacial score (nSPS) is 13.0. The third kappa shape index (κ3) is 3.85. The van der Waals surface area contributed by atoms with Crippen LogP contribution in [0.2, 0.25) is 0 Å². The molecule has 1 aliphatic rings. The summed E-state index contributed by atoms with van der Waals surface area (Å²) >= 11 is 0. The van der Waals surface area contributed by atoms with E-state index < -0.39 is 0 Å². The second-order valence-electron chi connectivity index (χ2n) is 7.83. The van der Waals surface area contributed by atoms with Crippen molar-refractivity contribution in [1.29, 1.82) is 0 Å². The first kappa shape index (κ1) is 19.3. The Bertz CT molecular complexity index is 1470. The van der Waals surface area contributed by atoms with E-state index in [4.69, 9.17) is 19.6 Å². The molecule has 0 amide bonds. The van der Waals surface area contributed by atoms with Crippen LogP contribution in [0.1, 0.15) is 11.3 Å². The average Bonchev–Trinajstić information content (AvgIpc) is 3.32. The van der Waals surface area contributed by atoms with Crippen molar-refractivity contribution in [2.75, 3.05) is 13.2 Å². The van der Waals surface area contributed by atoms with E-state index in [9.17, 15) is 0 Å². The lowest BCUT2D eigenvalue weighted by Crippen LogP contribution is -2.15. The highest BCUT2D eigenvalue weighted by Crippen LogP contribution is 2.35. The van der Waals surface area contributed by atoms with Crippen molar-refractivity contribution in [1.82, 2.24) is 14.8 Å². The Morgan fingerprint density at radius 2 is 1.58 bits per heavy atom. The quantitative estimate of drug-likeness (QED) is 0.349. The Kier molecular flexibility index (Phi) is 4.85. The highest BCUT2D eigenvalue weighted by Gasteiger charge is 2.16. The summed E-state index contributed by atoms with van der Waals surface area (Å²) in [6.07, 6.45) is 6.13. The molecule has 1 aliphatic heterocycles. The molecule has 5 heteroatoms. The lowest BCUT2D eigenvalue weighted by Gasteiger charge is -2.18. The molecule has 0 saturated heterocycles. The standard InChI is InChI=1S/C28H21N3O2/c1-2-7-24(8-3-1)31-19-22(11-14-23-13-10-20-6-4-5-9-25(20)29-23)28(30-31)21-12-15-26-27(18-21)33-17-16-32-26/h1-15,18-19H,16-17H2. The third-order valence-electron chi connectivity index (χ3n) is 5.63. The number of aromatic nitrogens is 3. The van der Waals surface area contributed by atoms with E-state index in [0.717, 1.165) is 50.6 Å². The molecule has 3 heterocycles. The number of pyridine rings is 1. The van der Waals surface area contributed by atoms with E-state index in [0.29, 0.717) is 13.2 Å².